The highest BCUT2D eigenvalue weighted by Gasteiger charge is 2.24. The summed E-state index contributed by atoms with van der Waals surface area (Å²) in [6.07, 6.45) is 4.70. The van der Waals surface area contributed by atoms with E-state index in [9.17, 15) is 14.9 Å². The summed E-state index contributed by atoms with van der Waals surface area (Å²) < 4.78 is 0. The number of anilines is 1. The molecule has 0 bridgehead atoms. The zero-order chi connectivity index (χ0) is 15.4. The molecule has 0 spiro atoms. The quantitative estimate of drug-likeness (QED) is 0.506. The van der Waals surface area contributed by atoms with Crippen LogP contribution >= 0.6 is 0 Å². The average molecular weight is 291 g/mol. The number of hydrogen-bond acceptors (Lipinski definition) is 4. The van der Waals surface area contributed by atoms with Crippen LogP contribution < -0.4 is 11.1 Å². The van der Waals surface area contributed by atoms with Crippen LogP contribution in [0.3, 0.4) is 0 Å². The van der Waals surface area contributed by atoms with E-state index in [0.29, 0.717) is 24.1 Å². The fraction of sp³-hybridized carbons (Fsp3) is 0.533. The third-order valence-corrected chi connectivity index (χ3v) is 4.28. The maximum atomic E-state index is 12.2. The van der Waals surface area contributed by atoms with E-state index in [2.05, 4.69) is 12.2 Å². The molecule has 6 heteroatoms. The fourth-order valence-electron chi connectivity index (χ4n) is 2.91. The second-order valence-corrected chi connectivity index (χ2v) is 5.77. The number of nitrogens with two attached hydrogens (primary N) is 1. The lowest BCUT2D eigenvalue weighted by Crippen LogP contribution is -2.33. The number of nitrogens with zero attached hydrogens (tertiary/aromatic N) is 1. The van der Waals surface area contributed by atoms with Gasteiger partial charge < -0.3 is 11.1 Å². The molecular weight excluding hydrogens is 270 g/mol. The van der Waals surface area contributed by atoms with Gasteiger partial charge in [0.1, 0.15) is 5.56 Å². The Hall–Kier alpha value is -2.11. The van der Waals surface area contributed by atoms with Crippen LogP contribution in [-0.2, 0) is 0 Å². The van der Waals surface area contributed by atoms with Crippen molar-refractivity contribution in [1.29, 1.82) is 0 Å². The van der Waals surface area contributed by atoms with Crippen molar-refractivity contribution in [3.63, 3.8) is 0 Å². The molecule has 1 aromatic rings. The molecule has 0 radical (unpaired) electrons. The Morgan fingerprint density at radius 1 is 1.43 bits per heavy atom. The number of carbonyl (C=O) groups excluding carboxylic acids is 1. The molecule has 2 rings (SSSR count). The Balaban J connectivity index is 2.06. The lowest BCUT2D eigenvalue weighted by Gasteiger charge is -2.28. The second-order valence-electron chi connectivity index (χ2n) is 5.77. The number of carbonyl (C=O) groups is 1. The third-order valence-electron chi connectivity index (χ3n) is 4.28. The van der Waals surface area contributed by atoms with E-state index >= 15 is 0 Å². The van der Waals surface area contributed by atoms with Gasteiger partial charge in [0.25, 0.3) is 11.6 Å². The fourth-order valence-corrected chi connectivity index (χ4v) is 2.91. The van der Waals surface area contributed by atoms with Gasteiger partial charge in [0.15, 0.2) is 0 Å². The van der Waals surface area contributed by atoms with Crippen molar-refractivity contribution in [1.82, 2.24) is 5.32 Å². The first-order valence-corrected chi connectivity index (χ1v) is 7.31. The summed E-state index contributed by atoms with van der Waals surface area (Å²) in [5, 5.41) is 13.8. The molecular formula is C15H21N3O3. The average Bonchev–Trinajstić information content (AvgIpc) is 2.45. The summed E-state index contributed by atoms with van der Waals surface area (Å²) in [5.74, 6) is 0.601. The van der Waals surface area contributed by atoms with Crippen LogP contribution in [0.2, 0.25) is 0 Å². The standard InChI is InChI=1S/C15H21N3O3/c1-10-4-2-3-5-11(10)9-17-15(19)13-8-12(16)6-7-14(13)18(20)21/h6-8,10-11H,2-5,9,16H2,1H3,(H,17,19). The van der Waals surface area contributed by atoms with Crippen LogP contribution in [0.1, 0.15) is 43.0 Å². The smallest absolute Gasteiger partial charge is 0.282 e. The highest BCUT2D eigenvalue weighted by molar-refractivity contribution is 5.99. The predicted octanol–water partition coefficient (Wildman–Crippen LogP) is 2.73. The number of amides is 1. The van der Waals surface area contributed by atoms with Gasteiger partial charge in [-0.3, -0.25) is 14.9 Å². The molecule has 3 N–H and O–H groups in total. The first-order valence-electron chi connectivity index (χ1n) is 7.31. The zero-order valence-electron chi connectivity index (χ0n) is 12.2. The minimum absolute atomic E-state index is 0.0310. The Kier molecular flexibility index (Phi) is 4.77. The van der Waals surface area contributed by atoms with Crippen molar-refractivity contribution in [3.05, 3.63) is 33.9 Å². The molecule has 114 valence electrons. The predicted molar refractivity (Wildman–Crippen MR) is 81.0 cm³/mol. The Morgan fingerprint density at radius 2 is 2.14 bits per heavy atom. The van der Waals surface area contributed by atoms with Gasteiger partial charge in [0.2, 0.25) is 0 Å². The molecule has 0 aliphatic heterocycles. The topological polar surface area (TPSA) is 98.3 Å². The van der Waals surface area contributed by atoms with E-state index in [0.717, 1.165) is 6.42 Å². The van der Waals surface area contributed by atoms with Crippen LogP contribution in [0.15, 0.2) is 18.2 Å². The van der Waals surface area contributed by atoms with Crippen LogP contribution in [0.5, 0.6) is 0 Å². The lowest BCUT2D eigenvalue weighted by atomic mass is 9.80. The van der Waals surface area contributed by atoms with E-state index in [1.807, 2.05) is 0 Å². The van der Waals surface area contributed by atoms with Gasteiger partial charge in [-0.05, 0) is 30.4 Å². The van der Waals surface area contributed by atoms with Crippen molar-refractivity contribution in [2.75, 3.05) is 12.3 Å². The molecule has 1 aromatic carbocycles. The molecule has 21 heavy (non-hydrogen) atoms. The number of benzene rings is 1. The Labute approximate surface area is 123 Å². The molecule has 1 saturated carbocycles. The number of rotatable bonds is 4. The van der Waals surface area contributed by atoms with Crippen molar-refractivity contribution in [3.8, 4) is 0 Å². The maximum absolute atomic E-state index is 12.2. The molecule has 2 unspecified atom stereocenters. The van der Waals surface area contributed by atoms with Crippen LogP contribution in [-0.4, -0.2) is 17.4 Å². The van der Waals surface area contributed by atoms with Crippen LogP contribution in [0.25, 0.3) is 0 Å². The zero-order valence-corrected chi connectivity index (χ0v) is 12.2. The SMILES string of the molecule is CC1CCCCC1CNC(=O)c1cc(N)ccc1[N+](=O)[O-]. The summed E-state index contributed by atoms with van der Waals surface area (Å²) >= 11 is 0. The van der Waals surface area contributed by atoms with E-state index < -0.39 is 10.8 Å². The van der Waals surface area contributed by atoms with Gasteiger partial charge in [-0.15, -0.1) is 0 Å². The van der Waals surface area contributed by atoms with Gasteiger partial charge in [0.05, 0.1) is 4.92 Å². The number of hydrogen-bond donors (Lipinski definition) is 2. The van der Waals surface area contributed by atoms with E-state index in [4.69, 9.17) is 5.73 Å². The summed E-state index contributed by atoms with van der Waals surface area (Å²) in [5.41, 5.74) is 5.79. The minimum atomic E-state index is -0.558. The number of nitrogen functional groups attached to an aromatic ring is 1. The monoisotopic (exact) mass is 291 g/mol. The Morgan fingerprint density at radius 3 is 2.81 bits per heavy atom. The minimum Gasteiger partial charge on any atom is -0.399 e. The molecule has 0 saturated heterocycles. The molecule has 6 nitrogen and oxygen atoms in total. The number of nitro benzene ring substituents is 1. The molecule has 1 aliphatic rings. The summed E-state index contributed by atoms with van der Waals surface area (Å²) in [7, 11) is 0. The van der Waals surface area contributed by atoms with E-state index in [1.54, 1.807) is 0 Å². The third kappa shape index (κ3) is 3.71. The summed E-state index contributed by atoms with van der Waals surface area (Å²) in [6, 6.07) is 4.06. The molecule has 0 aromatic heterocycles. The highest BCUT2D eigenvalue weighted by Crippen LogP contribution is 2.29. The van der Waals surface area contributed by atoms with Crippen molar-refractivity contribution >= 4 is 17.3 Å². The van der Waals surface area contributed by atoms with Crippen molar-refractivity contribution in [2.24, 2.45) is 11.8 Å². The highest BCUT2D eigenvalue weighted by atomic mass is 16.6. The normalized spacial score (nSPS) is 21.8. The summed E-state index contributed by atoms with van der Waals surface area (Å²) in [6.45, 7) is 2.75. The number of nitro groups is 1. The van der Waals surface area contributed by atoms with Gasteiger partial charge in [0, 0.05) is 18.3 Å². The van der Waals surface area contributed by atoms with Gasteiger partial charge in [-0.2, -0.15) is 0 Å². The lowest BCUT2D eigenvalue weighted by molar-refractivity contribution is -0.385. The van der Waals surface area contributed by atoms with Gasteiger partial charge in [-0.25, -0.2) is 0 Å². The molecule has 2 atom stereocenters. The van der Waals surface area contributed by atoms with E-state index in [-0.39, 0.29) is 11.3 Å². The first-order chi connectivity index (χ1) is 9.99. The summed E-state index contributed by atoms with van der Waals surface area (Å²) in [4.78, 5) is 22.6. The number of nitrogens with one attached hydrogen (secondary N) is 1. The van der Waals surface area contributed by atoms with Crippen molar-refractivity contribution < 1.29 is 9.72 Å². The van der Waals surface area contributed by atoms with Crippen LogP contribution in [0.4, 0.5) is 11.4 Å². The van der Waals surface area contributed by atoms with Gasteiger partial charge in [-0.1, -0.05) is 26.2 Å². The first kappa shape index (κ1) is 15.3. The van der Waals surface area contributed by atoms with Gasteiger partial charge >= 0.3 is 0 Å². The van der Waals surface area contributed by atoms with Crippen LogP contribution in [0, 0.1) is 22.0 Å². The molecule has 1 amide bonds. The molecule has 1 aliphatic carbocycles. The maximum Gasteiger partial charge on any atom is 0.282 e. The largest absolute Gasteiger partial charge is 0.399 e. The van der Waals surface area contributed by atoms with E-state index in [1.165, 1.54) is 37.5 Å². The van der Waals surface area contributed by atoms with Crippen molar-refractivity contribution in [2.45, 2.75) is 32.6 Å². The second kappa shape index (κ2) is 6.56. The molecule has 0 heterocycles. The molecule has 1 fully saturated rings. The Bertz CT molecular complexity index is 545.